The molecule has 0 spiro atoms. The first-order chi connectivity index (χ1) is 9.06. The van der Waals surface area contributed by atoms with E-state index >= 15 is 0 Å². The van der Waals surface area contributed by atoms with Gasteiger partial charge in [0.1, 0.15) is 5.82 Å². The van der Waals surface area contributed by atoms with E-state index in [1.54, 1.807) is 27.1 Å². The summed E-state index contributed by atoms with van der Waals surface area (Å²) in [5.41, 5.74) is 1.66. The number of nitrogens with zero attached hydrogens (tertiary/aromatic N) is 1. The van der Waals surface area contributed by atoms with Crippen LogP contribution >= 0.6 is 24.0 Å². The average Bonchev–Trinajstić information content (AvgIpc) is 2.38. The van der Waals surface area contributed by atoms with E-state index in [2.05, 4.69) is 15.6 Å². The van der Waals surface area contributed by atoms with Crippen molar-refractivity contribution in [1.82, 2.24) is 10.6 Å². The summed E-state index contributed by atoms with van der Waals surface area (Å²) in [7, 11) is 3.38. The van der Waals surface area contributed by atoms with Gasteiger partial charge in [0.25, 0.3) is 0 Å². The molecule has 4 nitrogen and oxygen atoms in total. The summed E-state index contributed by atoms with van der Waals surface area (Å²) in [5, 5.41) is 6.39. The van der Waals surface area contributed by atoms with Crippen molar-refractivity contribution in [3.05, 3.63) is 35.1 Å². The van der Waals surface area contributed by atoms with Crippen LogP contribution in [0.4, 0.5) is 4.39 Å². The SMILES string of the molecule is CN=C(NCc1ccc(F)c(C)c1)NC(C)COC.I. The highest BCUT2D eigenvalue weighted by Crippen LogP contribution is 2.08. The minimum absolute atomic E-state index is 0. The van der Waals surface area contributed by atoms with E-state index in [-0.39, 0.29) is 35.8 Å². The minimum Gasteiger partial charge on any atom is -0.383 e. The summed E-state index contributed by atoms with van der Waals surface area (Å²) in [6, 6.07) is 5.25. The van der Waals surface area contributed by atoms with Gasteiger partial charge in [-0.25, -0.2) is 4.39 Å². The van der Waals surface area contributed by atoms with E-state index in [4.69, 9.17) is 4.74 Å². The molecule has 1 rings (SSSR count). The number of rotatable bonds is 5. The Balaban J connectivity index is 0.00000361. The van der Waals surface area contributed by atoms with Crippen molar-refractivity contribution in [3.8, 4) is 0 Å². The van der Waals surface area contributed by atoms with Crippen molar-refractivity contribution in [3.63, 3.8) is 0 Å². The van der Waals surface area contributed by atoms with Gasteiger partial charge in [-0.2, -0.15) is 0 Å². The van der Waals surface area contributed by atoms with Crippen LogP contribution in [0.3, 0.4) is 0 Å². The van der Waals surface area contributed by atoms with Crippen molar-refractivity contribution in [1.29, 1.82) is 0 Å². The molecule has 0 bridgehead atoms. The predicted octanol–water partition coefficient (Wildman–Crippen LogP) is 2.45. The number of nitrogens with one attached hydrogen (secondary N) is 2. The fourth-order valence-electron chi connectivity index (χ4n) is 1.72. The molecule has 0 amide bonds. The topological polar surface area (TPSA) is 45.7 Å². The molecular weight excluding hydrogens is 372 g/mol. The zero-order chi connectivity index (χ0) is 14.3. The average molecular weight is 395 g/mol. The van der Waals surface area contributed by atoms with Crippen molar-refractivity contribution in [2.75, 3.05) is 20.8 Å². The van der Waals surface area contributed by atoms with Crippen molar-refractivity contribution < 1.29 is 9.13 Å². The molecule has 1 unspecified atom stereocenters. The number of benzene rings is 1. The molecule has 0 aliphatic rings. The first-order valence-corrected chi connectivity index (χ1v) is 6.28. The highest BCUT2D eigenvalue weighted by molar-refractivity contribution is 14.0. The molecule has 1 aromatic rings. The van der Waals surface area contributed by atoms with E-state index in [1.807, 2.05) is 13.0 Å². The van der Waals surface area contributed by atoms with Gasteiger partial charge in [-0.05, 0) is 31.0 Å². The van der Waals surface area contributed by atoms with E-state index in [1.165, 1.54) is 6.07 Å². The molecular formula is C14H23FIN3O. The lowest BCUT2D eigenvalue weighted by atomic mass is 10.1. The highest BCUT2D eigenvalue weighted by atomic mass is 127. The van der Waals surface area contributed by atoms with E-state index in [0.29, 0.717) is 24.7 Å². The Hall–Kier alpha value is -0.890. The zero-order valence-corrected chi connectivity index (χ0v) is 14.7. The fourth-order valence-corrected chi connectivity index (χ4v) is 1.72. The maximum Gasteiger partial charge on any atom is 0.191 e. The number of hydrogen-bond donors (Lipinski definition) is 2. The third-order valence-electron chi connectivity index (χ3n) is 2.71. The number of aryl methyl sites for hydroxylation is 1. The summed E-state index contributed by atoms with van der Waals surface area (Å²) in [4.78, 5) is 4.13. The van der Waals surface area contributed by atoms with Gasteiger partial charge in [0.2, 0.25) is 0 Å². The van der Waals surface area contributed by atoms with Gasteiger partial charge in [-0.1, -0.05) is 12.1 Å². The molecule has 0 saturated heterocycles. The smallest absolute Gasteiger partial charge is 0.191 e. The Labute approximate surface area is 137 Å². The van der Waals surface area contributed by atoms with Crippen molar-refractivity contribution in [2.24, 2.45) is 4.99 Å². The molecule has 0 radical (unpaired) electrons. The Morgan fingerprint density at radius 3 is 2.70 bits per heavy atom. The lowest BCUT2D eigenvalue weighted by molar-refractivity contribution is 0.179. The van der Waals surface area contributed by atoms with Crippen LogP contribution in [0.5, 0.6) is 0 Å². The second-order valence-corrected chi connectivity index (χ2v) is 4.51. The lowest BCUT2D eigenvalue weighted by Crippen LogP contribution is -2.43. The lowest BCUT2D eigenvalue weighted by Gasteiger charge is -2.17. The molecule has 0 aromatic heterocycles. The molecule has 0 aliphatic heterocycles. The zero-order valence-electron chi connectivity index (χ0n) is 12.4. The van der Waals surface area contributed by atoms with E-state index < -0.39 is 0 Å². The second kappa shape index (κ2) is 9.93. The molecule has 114 valence electrons. The first-order valence-electron chi connectivity index (χ1n) is 6.28. The molecule has 1 atom stereocenters. The summed E-state index contributed by atoms with van der Waals surface area (Å²) < 4.78 is 18.2. The molecule has 0 aliphatic carbocycles. The Kier molecular flexibility index (Phi) is 9.49. The van der Waals surface area contributed by atoms with Crippen LogP contribution < -0.4 is 10.6 Å². The van der Waals surface area contributed by atoms with Gasteiger partial charge < -0.3 is 15.4 Å². The van der Waals surface area contributed by atoms with Crippen LogP contribution in [0.15, 0.2) is 23.2 Å². The molecule has 6 heteroatoms. The fraction of sp³-hybridized carbons (Fsp3) is 0.500. The van der Waals surface area contributed by atoms with Gasteiger partial charge in [-0.3, -0.25) is 4.99 Å². The van der Waals surface area contributed by atoms with Gasteiger partial charge in [0.05, 0.1) is 6.61 Å². The van der Waals surface area contributed by atoms with Gasteiger partial charge in [-0.15, -0.1) is 24.0 Å². The van der Waals surface area contributed by atoms with Gasteiger partial charge in [0.15, 0.2) is 5.96 Å². The monoisotopic (exact) mass is 395 g/mol. The normalized spacial score (nSPS) is 12.6. The van der Waals surface area contributed by atoms with Gasteiger partial charge >= 0.3 is 0 Å². The summed E-state index contributed by atoms with van der Waals surface area (Å²) in [5.74, 6) is 0.520. The maximum absolute atomic E-state index is 13.2. The summed E-state index contributed by atoms with van der Waals surface area (Å²) >= 11 is 0. The summed E-state index contributed by atoms with van der Waals surface area (Å²) in [6.07, 6.45) is 0. The standard InChI is InChI=1S/C14H22FN3O.HI/c1-10-7-12(5-6-13(10)15)8-17-14(16-3)18-11(2)9-19-4;/h5-7,11H,8-9H2,1-4H3,(H2,16,17,18);1H. The number of aliphatic imine (C=N–C) groups is 1. The quantitative estimate of drug-likeness (QED) is 0.458. The molecule has 0 fully saturated rings. The van der Waals surface area contributed by atoms with Crippen molar-refractivity contribution in [2.45, 2.75) is 26.4 Å². The maximum atomic E-state index is 13.2. The second-order valence-electron chi connectivity index (χ2n) is 4.51. The largest absolute Gasteiger partial charge is 0.383 e. The number of ether oxygens (including phenoxy) is 1. The highest BCUT2D eigenvalue weighted by Gasteiger charge is 2.05. The van der Waals surface area contributed by atoms with Crippen LogP contribution in [0.2, 0.25) is 0 Å². The van der Waals surface area contributed by atoms with Crippen LogP contribution in [-0.4, -0.2) is 32.8 Å². The first kappa shape index (κ1) is 19.1. The van der Waals surface area contributed by atoms with Gasteiger partial charge in [0, 0.05) is 26.7 Å². The Morgan fingerprint density at radius 1 is 1.45 bits per heavy atom. The Morgan fingerprint density at radius 2 is 2.15 bits per heavy atom. The number of halogens is 2. The molecule has 2 N–H and O–H groups in total. The number of methoxy groups -OCH3 is 1. The Bertz CT molecular complexity index is 440. The molecule has 0 heterocycles. The van der Waals surface area contributed by atoms with Crippen LogP contribution in [0.25, 0.3) is 0 Å². The minimum atomic E-state index is -0.181. The molecule has 0 saturated carbocycles. The van der Waals surface area contributed by atoms with Crippen LogP contribution in [0.1, 0.15) is 18.1 Å². The number of hydrogen-bond acceptors (Lipinski definition) is 2. The third-order valence-corrected chi connectivity index (χ3v) is 2.71. The molecule has 20 heavy (non-hydrogen) atoms. The van der Waals surface area contributed by atoms with Crippen LogP contribution in [0, 0.1) is 12.7 Å². The van der Waals surface area contributed by atoms with E-state index in [0.717, 1.165) is 5.56 Å². The molecule has 1 aromatic carbocycles. The predicted molar refractivity (Wildman–Crippen MR) is 91.2 cm³/mol. The van der Waals surface area contributed by atoms with Crippen molar-refractivity contribution >= 4 is 29.9 Å². The third kappa shape index (κ3) is 6.51. The number of guanidine groups is 1. The van der Waals surface area contributed by atoms with E-state index in [9.17, 15) is 4.39 Å². The summed E-state index contributed by atoms with van der Waals surface area (Å²) in [6.45, 7) is 4.97. The van der Waals surface area contributed by atoms with Crippen LogP contribution in [-0.2, 0) is 11.3 Å².